The SMILES string of the molecule is CC(=O)Nc1ccc(F)c2c1C(=O)C(NC(C)=O)CC2. The average molecular weight is 278 g/mol. The highest BCUT2D eigenvalue weighted by Crippen LogP contribution is 2.30. The minimum Gasteiger partial charge on any atom is -0.346 e. The molecule has 1 unspecified atom stereocenters. The van der Waals surface area contributed by atoms with Crippen molar-refractivity contribution in [3.63, 3.8) is 0 Å². The van der Waals surface area contributed by atoms with E-state index in [2.05, 4.69) is 10.6 Å². The molecule has 2 amide bonds. The number of carbonyl (C=O) groups is 3. The Labute approximate surface area is 115 Å². The molecule has 0 heterocycles. The molecule has 0 radical (unpaired) electrons. The fraction of sp³-hybridized carbons (Fsp3) is 0.357. The van der Waals surface area contributed by atoms with E-state index in [0.717, 1.165) is 0 Å². The number of carbonyl (C=O) groups excluding carboxylic acids is 3. The number of benzene rings is 1. The van der Waals surface area contributed by atoms with Crippen molar-refractivity contribution in [3.05, 3.63) is 29.1 Å². The molecule has 2 N–H and O–H groups in total. The van der Waals surface area contributed by atoms with Gasteiger partial charge in [-0.05, 0) is 25.0 Å². The second kappa shape index (κ2) is 5.40. The van der Waals surface area contributed by atoms with Crippen LogP contribution in [0, 0.1) is 5.82 Å². The minimum absolute atomic E-state index is 0.158. The molecule has 1 aromatic rings. The third-order valence-corrected chi connectivity index (χ3v) is 3.19. The lowest BCUT2D eigenvalue weighted by molar-refractivity contribution is -0.119. The molecular weight excluding hydrogens is 263 g/mol. The number of amides is 2. The van der Waals surface area contributed by atoms with Gasteiger partial charge in [0.15, 0.2) is 5.78 Å². The van der Waals surface area contributed by atoms with Crippen molar-refractivity contribution in [1.82, 2.24) is 5.32 Å². The van der Waals surface area contributed by atoms with E-state index in [1.807, 2.05) is 0 Å². The zero-order valence-corrected chi connectivity index (χ0v) is 11.2. The van der Waals surface area contributed by atoms with Crippen LogP contribution < -0.4 is 10.6 Å². The maximum atomic E-state index is 13.8. The third-order valence-electron chi connectivity index (χ3n) is 3.19. The number of Topliss-reactive ketones (excluding diaryl/α,β-unsaturated/α-hetero) is 1. The number of anilines is 1. The smallest absolute Gasteiger partial charge is 0.221 e. The van der Waals surface area contributed by atoms with Gasteiger partial charge in [0.2, 0.25) is 11.8 Å². The number of fused-ring (bicyclic) bond motifs is 1. The maximum Gasteiger partial charge on any atom is 0.221 e. The summed E-state index contributed by atoms with van der Waals surface area (Å²) in [6.45, 7) is 2.64. The zero-order chi connectivity index (χ0) is 14.9. The van der Waals surface area contributed by atoms with Gasteiger partial charge in [0, 0.05) is 25.0 Å². The Morgan fingerprint density at radius 1 is 1.25 bits per heavy atom. The molecule has 1 aromatic carbocycles. The van der Waals surface area contributed by atoms with Crippen molar-refractivity contribution >= 4 is 23.3 Å². The monoisotopic (exact) mass is 278 g/mol. The molecule has 106 valence electrons. The molecule has 1 atom stereocenters. The van der Waals surface area contributed by atoms with Gasteiger partial charge < -0.3 is 10.6 Å². The molecule has 20 heavy (non-hydrogen) atoms. The van der Waals surface area contributed by atoms with Crippen LogP contribution in [0.3, 0.4) is 0 Å². The summed E-state index contributed by atoms with van der Waals surface area (Å²) in [5.74, 6) is -1.49. The zero-order valence-electron chi connectivity index (χ0n) is 11.2. The Kier molecular flexibility index (Phi) is 3.83. The summed E-state index contributed by atoms with van der Waals surface area (Å²) >= 11 is 0. The molecule has 6 heteroatoms. The normalized spacial score (nSPS) is 17.4. The summed E-state index contributed by atoms with van der Waals surface area (Å²) in [7, 11) is 0. The van der Waals surface area contributed by atoms with Crippen LogP contribution in [0.25, 0.3) is 0 Å². The Balaban J connectivity index is 2.45. The highest BCUT2D eigenvalue weighted by Gasteiger charge is 2.32. The van der Waals surface area contributed by atoms with Gasteiger partial charge in [-0.2, -0.15) is 0 Å². The molecule has 0 aliphatic heterocycles. The molecule has 5 nitrogen and oxygen atoms in total. The van der Waals surface area contributed by atoms with Gasteiger partial charge in [-0.15, -0.1) is 0 Å². The van der Waals surface area contributed by atoms with Crippen LogP contribution in [-0.2, 0) is 16.0 Å². The fourth-order valence-electron chi connectivity index (χ4n) is 2.42. The molecule has 0 bridgehead atoms. The van der Waals surface area contributed by atoms with Crippen molar-refractivity contribution in [3.8, 4) is 0 Å². The maximum absolute atomic E-state index is 13.8. The molecular formula is C14H15FN2O3. The van der Waals surface area contributed by atoms with E-state index in [1.165, 1.54) is 26.0 Å². The predicted octanol–water partition coefficient (Wildman–Crippen LogP) is 1.42. The molecule has 0 saturated carbocycles. The van der Waals surface area contributed by atoms with E-state index in [9.17, 15) is 18.8 Å². The molecule has 0 aromatic heterocycles. The Morgan fingerprint density at radius 2 is 1.95 bits per heavy atom. The minimum atomic E-state index is -0.672. The summed E-state index contributed by atoms with van der Waals surface area (Å²) in [5.41, 5.74) is 0.738. The summed E-state index contributed by atoms with van der Waals surface area (Å²) in [5, 5.41) is 5.07. The lowest BCUT2D eigenvalue weighted by Crippen LogP contribution is -2.43. The average Bonchev–Trinajstić information content (AvgIpc) is 2.35. The number of hydrogen-bond acceptors (Lipinski definition) is 3. The number of hydrogen-bond donors (Lipinski definition) is 2. The topological polar surface area (TPSA) is 75.3 Å². The first kappa shape index (κ1) is 14.2. The molecule has 1 aliphatic carbocycles. The fourth-order valence-corrected chi connectivity index (χ4v) is 2.42. The molecule has 0 saturated heterocycles. The summed E-state index contributed by atoms with van der Waals surface area (Å²) in [6, 6.07) is 1.93. The van der Waals surface area contributed by atoms with Crippen LogP contribution in [0.5, 0.6) is 0 Å². The van der Waals surface area contributed by atoms with E-state index >= 15 is 0 Å². The summed E-state index contributed by atoms with van der Waals surface area (Å²) in [6.07, 6.45) is 0.692. The number of halogens is 1. The van der Waals surface area contributed by atoms with Gasteiger partial charge in [0.25, 0.3) is 0 Å². The predicted molar refractivity (Wildman–Crippen MR) is 71.0 cm³/mol. The van der Waals surface area contributed by atoms with E-state index < -0.39 is 11.9 Å². The van der Waals surface area contributed by atoms with Crippen molar-refractivity contribution in [2.24, 2.45) is 0 Å². The molecule has 1 aliphatic rings. The van der Waals surface area contributed by atoms with E-state index in [-0.39, 0.29) is 28.8 Å². The van der Waals surface area contributed by atoms with Gasteiger partial charge in [-0.1, -0.05) is 0 Å². The van der Waals surface area contributed by atoms with Crippen LogP contribution in [-0.4, -0.2) is 23.6 Å². The third kappa shape index (κ3) is 2.68. The molecule has 0 fully saturated rings. The van der Waals surface area contributed by atoms with Crippen LogP contribution >= 0.6 is 0 Å². The first-order chi connectivity index (χ1) is 9.40. The van der Waals surface area contributed by atoms with Gasteiger partial charge in [-0.3, -0.25) is 14.4 Å². The van der Waals surface area contributed by atoms with E-state index in [0.29, 0.717) is 18.4 Å². The van der Waals surface area contributed by atoms with Crippen molar-refractivity contribution < 1.29 is 18.8 Å². The first-order valence-corrected chi connectivity index (χ1v) is 6.30. The highest BCUT2D eigenvalue weighted by atomic mass is 19.1. The van der Waals surface area contributed by atoms with Crippen molar-refractivity contribution in [1.29, 1.82) is 0 Å². The van der Waals surface area contributed by atoms with E-state index in [1.54, 1.807) is 0 Å². The number of nitrogens with one attached hydrogen (secondary N) is 2. The van der Waals surface area contributed by atoms with Gasteiger partial charge in [0.05, 0.1) is 11.7 Å². The molecule has 0 spiro atoms. The van der Waals surface area contributed by atoms with Gasteiger partial charge in [-0.25, -0.2) is 4.39 Å². The number of rotatable bonds is 2. The quantitative estimate of drug-likeness (QED) is 0.859. The van der Waals surface area contributed by atoms with Crippen molar-refractivity contribution in [2.45, 2.75) is 32.7 Å². The number of ketones is 1. The summed E-state index contributed by atoms with van der Waals surface area (Å²) in [4.78, 5) is 34.6. The van der Waals surface area contributed by atoms with E-state index in [4.69, 9.17) is 0 Å². The highest BCUT2D eigenvalue weighted by molar-refractivity contribution is 6.10. The summed E-state index contributed by atoms with van der Waals surface area (Å²) < 4.78 is 13.8. The second-order valence-electron chi connectivity index (χ2n) is 4.79. The van der Waals surface area contributed by atoms with Crippen LogP contribution in [0.15, 0.2) is 12.1 Å². The van der Waals surface area contributed by atoms with Gasteiger partial charge in [0.1, 0.15) is 5.82 Å². The standard InChI is InChI=1S/C14H15FN2O3/c1-7(18)16-11-6-4-10(15)9-3-5-12(17-8(2)19)14(20)13(9)11/h4,6,12H,3,5H2,1-2H3,(H,16,18)(H,17,19). The molecule has 2 rings (SSSR count). The Morgan fingerprint density at radius 3 is 2.55 bits per heavy atom. The van der Waals surface area contributed by atoms with Crippen molar-refractivity contribution in [2.75, 3.05) is 5.32 Å². The second-order valence-corrected chi connectivity index (χ2v) is 4.79. The van der Waals surface area contributed by atoms with Crippen LogP contribution in [0.1, 0.15) is 36.2 Å². The lowest BCUT2D eigenvalue weighted by atomic mass is 9.85. The largest absolute Gasteiger partial charge is 0.346 e. The lowest BCUT2D eigenvalue weighted by Gasteiger charge is -2.26. The van der Waals surface area contributed by atoms with Crippen LogP contribution in [0.2, 0.25) is 0 Å². The van der Waals surface area contributed by atoms with Crippen LogP contribution in [0.4, 0.5) is 10.1 Å². The van der Waals surface area contributed by atoms with Gasteiger partial charge >= 0.3 is 0 Å². The first-order valence-electron chi connectivity index (χ1n) is 6.30. The Hall–Kier alpha value is -2.24. The Bertz CT molecular complexity index is 598.